The lowest BCUT2D eigenvalue weighted by Gasteiger charge is -2.30. The second-order valence-electron chi connectivity index (χ2n) is 10.9. The van der Waals surface area contributed by atoms with E-state index < -0.39 is 29.5 Å². The fraction of sp³-hybridized carbons (Fsp3) is 0.667. The summed E-state index contributed by atoms with van der Waals surface area (Å²) >= 11 is 1.37. The van der Waals surface area contributed by atoms with Gasteiger partial charge < -0.3 is 19.7 Å². The van der Waals surface area contributed by atoms with Crippen LogP contribution >= 0.6 is 11.3 Å². The summed E-state index contributed by atoms with van der Waals surface area (Å²) < 4.78 is 11.9. The lowest BCUT2D eigenvalue weighted by atomic mass is 9.76. The van der Waals surface area contributed by atoms with Crippen LogP contribution in [-0.4, -0.2) is 50.9 Å². The van der Waals surface area contributed by atoms with Gasteiger partial charge in [0.1, 0.15) is 16.9 Å². The summed E-state index contributed by atoms with van der Waals surface area (Å²) in [5, 5.41) is 22.6. The van der Waals surface area contributed by atoms with Crippen LogP contribution in [0, 0.1) is 17.3 Å². The predicted molar refractivity (Wildman–Crippen MR) is 136 cm³/mol. The number of cyclic esters (lactones) is 1. The molecular formula is C27H39NO6S. The average molecular weight is 506 g/mol. The monoisotopic (exact) mass is 505 g/mol. The van der Waals surface area contributed by atoms with E-state index in [1.54, 1.807) is 26.8 Å². The maximum absolute atomic E-state index is 13.1. The molecule has 3 heterocycles. The van der Waals surface area contributed by atoms with E-state index in [1.165, 1.54) is 17.4 Å². The van der Waals surface area contributed by atoms with E-state index in [1.807, 2.05) is 25.3 Å². The third-order valence-electron chi connectivity index (χ3n) is 7.42. The number of thiazole rings is 1. The SMILES string of the molecule is CC(=Cc1csc(CO)n1)[C@H]1C[C@@H]2O[C@@]2(C)CCC[C@@H](C)[C@@H](O)[C@H](C)C(=O)C(C)(C)C=CC(=O)O1. The number of fused-ring (bicyclic) bond motifs is 1. The number of hydrogen-bond donors (Lipinski definition) is 2. The van der Waals surface area contributed by atoms with Crippen molar-refractivity contribution in [2.45, 2.75) is 97.7 Å². The number of aromatic nitrogens is 1. The van der Waals surface area contributed by atoms with E-state index in [-0.39, 0.29) is 30.0 Å². The first-order chi connectivity index (χ1) is 16.4. The number of epoxide rings is 1. The van der Waals surface area contributed by atoms with Crippen LogP contribution in [0.15, 0.2) is 23.1 Å². The summed E-state index contributed by atoms with van der Waals surface area (Å²) in [7, 11) is 0. The number of esters is 1. The first kappa shape index (κ1) is 27.7. The molecule has 6 atom stereocenters. The van der Waals surface area contributed by atoms with Gasteiger partial charge in [0.25, 0.3) is 0 Å². The number of aliphatic hydroxyl groups excluding tert-OH is 2. The molecule has 2 aliphatic heterocycles. The molecule has 35 heavy (non-hydrogen) atoms. The predicted octanol–water partition coefficient (Wildman–Crippen LogP) is 4.47. The Hall–Kier alpha value is -1.87. The number of hydrogen-bond acceptors (Lipinski definition) is 8. The summed E-state index contributed by atoms with van der Waals surface area (Å²) in [4.78, 5) is 30.3. The molecule has 3 rings (SSSR count). The minimum Gasteiger partial charge on any atom is -0.455 e. The zero-order valence-electron chi connectivity index (χ0n) is 21.6. The van der Waals surface area contributed by atoms with Gasteiger partial charge in [-0.2, -0.15) is 0 Å². The summed E-state index contributed by atoms with van der Waals surface area (Å²) in [6, 6.07) is 0. The summed E-state index contributed by atoms with van der Waals surface area (Å²) in [6.45, 7) is 11.1. The molecule has 0 unspecified atom stereocenters. The maximum Gasteiger partial charge on any atom is 0.331 e. The van der Waals surface area contributed by atoms with Crippen LogP contribution in [0.2, 0.25) is 0 Å². The Labute approximate surface area is 212 Å². The highest BCUT2D eigenvalue weighted by molar-refractivity contribution is 7.09. The van der Waals surface area contributed by atoms with Crippen molar-refractivity contribution in [3.05, 3.63) is 33.8 Å². The fourth-order valence-corrected chi connectivity index (χ4v) is 5.45. The number of ketones is 1. The Morgan fingerprint density at radius 1 is 1.29 bits per heavy atom. The molecule has 0 aromatic carbocycles. The number of rotatable bonds is 3. The largest absolute Gasteiger partial charge is 0.455 e. The van der Waals surface area contributed by atoms with Crippen LogP contribution < -0.4 is 0 Å². The molecule has 0 saturated carbocycles. The van der Waals surface area contributed by atoms with Crippen molar-refractivity contribution >= 4 is 29.2 Å². The fourth-order valence-electron chi connectivity index (χ4n) is 4.84. The Morgan fingerprint density at radius 3 is 2.66 bits per heavy atom. The first-order valence-corrected chi connectivity index (χ1v) is 13.3. The van der Waals surface area contributed by atoms with Crippen molar-refractivity contribution in [2.24, 2.45) is 17.3 Å². The number of allylic oxidation sites excluding steroid dienone is 1. The summed E-state index contributed by atoms with van der Waals surface area (Å²) in [5.41, 5.74) is 0.330. The zero-order chi connectivity index (χ0) is 26.0. The topological polar surface area (TPSA) is 109 Å². The van der Waals surface area contributed by atoms with Crippen LogP contribution in [0.5, 0.6) is 0 Å². The van der Waals surface area contributed by atoms with E-state index in [0.717, 1.165) is 24.8 Å². The third-order valence-corrected chi connectivity index (χ3v) is 8.27. The molecule has 194 valence electrons. The highest BCUT2D eigenvalue weighted by Crippen LogP contribution is 2.45. The maximum atomic E-state index is 13.1. The van der Waals surface area contributed by atoms with Gasteiger partial charge in [-0.1, -0.05) is 26.3 Å². The number of Topliss-reactive ketones (excluding diaryl/α,β-unsaturated/α-hetero) is 1. The number of aliphatic hydroxyl groups is 2. The molecule has 2 N–H and O–H groups in total. The second-order valence-corrected chi connectivity index (χ2v) is 11.8. The standard InChI is InChI=1S/C27H39NO6S/c1-16-8-7-10-27(6)21(34-27)13-20(17(2)12-19-15-35-22(14-29)28-19)33-23(30)9-11-26(4,5)25(32)18(3)24(16)31/h9,11-12,15-16,18,20-21,24,29,31H,7-8,10,13-14H2,1-6H3/t16-,18+,20-,21+,24-,27+/m1/s1. The normalized spacial score (nSPS) is 34.9. The average Bonchev–Trinajstić information content (AvgIpc) is 3.22. The highest BCUT2D eigenvalue weighted by Gasteiger charge is 2.52. The van der Waals surface area contributed by atoms with Gasteiger partial charge in [0.2, 0.25) is 0 Å². The Bertz CT molecular complexity index is 982. The van der Waals surface area contributed by atoms with Crippen molar-refractivity contribution < 1.29 is 29.3 Å². The molecule has 0 radical (unpaired) electrons. The van der Waals surface area contributed by atoms with Crippen LogP contribution in [0.4, 0.5) is 0 Å². The molecule has 0 spiro atoms. The van der Waals surface area contributed by atoms with E-state index >= 15 is 0 Å². The number of ether oxygens (including phenoxy) is 2. The molecule has 2 aliphatic rings. The van der Waals surface area contributed by atoms with Gasteiger partial charge in [-0.05, 0) is 58.1 Å². The van der Waals surface area contributed by atoms with Gasteiger partial charge >= 0.3 is 5.97 Å². The minimum atomic E-state index is -0.921. The second kappa shape index (κ2) is 11.0. The molecule has 0 amide bonds. The lowest BCUT2D eigenvalue weighted by Crippen LogP contribution is -2.38. The van der Waals surface area contributed by atoms with E-state index in [4.69, 9.17) is 9.47 Å². The molecule has 0 aliphatic carbocycles. The summed E-state index contributed by atoms with van der Waals surface area (Å²) in [6.07, 6.45) is 6.48. The molecule has 1 aromatic rings. The molecule has 8 heteroatoms. The van der Waals surface area contributed by atoms with E-state index in [0.29, 0.717) is 17.1 Å². The van der Waals surface area contributed by atoms with Crippen molar-refractivity contribution in [1.82, 2.24) is 4.98 Å². The van der Waals surface area contributed by atoms with Crippen LogP contribution in [0.3, 0.4) is 0 Å². The molecule has 1 aromatic heterocycles. The molecule has 7 nitrogen and oxygen atoms in total. The van der Waals surface area contributed by atoms with Crippen LogP contribution in [0.25, 0.3) is 6.08 Å². The molecule has 0 bridgehead atoms. The quantitative estimate of drug-likeness (QED) is 0.461. The highest BCUT2D eigenvalue weighted by atomic mass is 32.1. The van der Waals surface area contributed by atoms with Gasteiger partial charge in [-0.3, -0.25) is 4.79 Å². The van der Waals surface area contributed by atoms with Gasteiger partial charge in [0.05, 0.1) is 30.1 Å². The lowest BCUT2D eigenvalue weighted by molar-refractivity contribution is -0.141. The summed E-state index contributed by atoms with van der Waals surface area (Å²) in [5.74, 6) is -1.21. The number of carbonyl (C=O) groups is 2. The van der Waals surface area contributed by atoms with Gasteiger partial charge in [-0.15, -0.1) is 11.3 Å². The number of carbonyl (C=O) groups excluding carboxylic acids is 2. The molecule has 1 fully saturated rings. The van der Waals surface area contributed by atoms with Crippen molar-refractivity contribution in [3.63, 3.8) is 0 Å². The van der Waals surface area contributed by atoms with Crippen LogP contribution in [0.1, 0.15) is 77.9 Å². The van der Waals surface area contributed by atoms with Crippen molar-refractivity contribution in [2.75, 3.05) is 0 Å². The Morgan fingerprint density at radius 2 is 2.00 bits per heavy atom. The first-order valence-electron chi connectivity index (χ1n) is 12.4. The third kappa shape index (κ3) is 6.88. The van der Waals surface area contributed by atoms with Crippen LogP contribution in [-0.2, 0) is 25.7 Å². The minimum absolute atomic E-state index is 0.0211. The molecule has 1 saturated heterocycles. The van der Waals surface area contributed by atoms with Crippen molar-refractivity contribution in [3.8, 4) is 0 Å². The Balaban J connectivity index is 1.86. The smallest absolute Gasteiger partial charge is 0.331 e. The van der Waals surface area contributed by atoms with Crippen molar-refractivity contribution in [1.29, 1.82) is 0 Å². The van der Waals surface area contributed by atoms with Gasteiger partial charge in [0, 0.05) is 29.2 Å². The zero-order valence-corrected chi connectivity index (χ0v) is 22.4. The van der Waals surface area contributed by atoms with Gasteiger partial charge in [0.15, 0.2) is 0 Å². The Kier molecular flexibility index (Phi) is 8.73. The number of nitrogens with zero attached hydrogens (tertiary/aromatic N) is 1. The van der Waals surface area contributed by atoms with Gasteiger partial charge in [-0.25, -0.2) is 9.78 Å². The van der Waals surface area contributed by atoms with E-state index in [2.05, 4.69) is 11.9 Å². The van der Waals surface area contributed by atoms with E-state index in [9.17, 15) is 19.8 Å². The molecular weight excluding hydrogens is 466 g/mol.